The van der Waals surface area contributed by atoms with E-state index in [0.717, 1.165) is 27.1 Å². The number of hydrogen-bond acceptors (Lipinski definition) is 3. The molecule has 3 nitrogen and oxygen atoms in total. The first-order valence-electron chi connectivity index (χ1n) is 6.72. The van der Waals surface area contributed by atoms with E-state index in [2.05, 4.69) is 20.9 Å². The van der Waals surface area contributed by atoms with Crippen LogP contribution in [0.3, 0.4) is 0 Å². The minimum atomic E-state index is -0.0862. The summed E-state index contributed by atoms with van der Waals surface area (Å²) in [6.07, 6.45) is 4.18. The summed E-state index contributed by atoms with van der Waals surface area (Å²) < 4.78 is 6.94. The maximum absolute atomic E-state index is 6.20. The minimum Gasteiger partial charge on any atom is -0.461 e. The number of furan rings is 1. The number of rotatable bonds is 4. The molecule has 0 aliphatic rings. The number of pyridine rings is 1. The fourth-order valence-corrected chi connectivity index (χ4v) is 2.47. The van der Waals surface area contributed by atoms with Crippen molar-refractivity contribution in [1.29, 1.82) is 0 Å². The lowest BCUT2D eigenvalue weighted by Gasteiger charge is -2.09. The van der Waals surface area contributed by atoms with Gasteiger partial charge in [-0.3, -0.25) is 4.98 Å². The zero-order chi connectivity index (χ0) is 14.7. The summed E-state index contributed by atoms with van der Waals surface area (Å²) in [6.45, 7) is 0. The van der Waals surface area contributed by atoms with Gasteiger partial charge in [-0.2, -0.15) is 0 Å². The molecule has 0 aliphatic heterocycles. The third-order valence-electron chi connectivity index (χ3n) is 3.35. The fourth-order valence-electron chi connectivity index (χ4n) is 2.20. The van der Waals surface area contributed by atoms with Crippen LogP contribution in [0.15, 0.2) is 69.8 Å². The predicted octanol–water partition coefficient (Wildman–Crippen LogP) is 4.35. The summed E-state index contributed by atoms with van der Waals surface area (Å²) in [5.74, 6) is 1.75. The molecule has 0 saturated carbocycles. The second-order valence-corrected chi connectivity index (χ2v) is 5.78. The van der Waals surface area contributed by atoms with Crippen LogP contribution in [-0.4, -0.2) is 4.98 Å². The van der Waals surface area contributed by atoms with Gasteiger partial charge in [0.15, 0.2) is 0 Å². The van der Waals surface area contributed by atoms with Gasteiger partial charge in [0.05, 0.1) is 0 Å². The van der Waals surface area contributed by atoms with E-state index in [1.165, 1.54) is 0 Å². The van der Waals surface area contributed by atoms with Gasteiger partial charge in [0.25, 0.3) is 0 Å². The van der Waals surface area contributed by atoms with Crippen molar-refractivity contribution >= 4 is 15.9 Å². The first-order chi connectivity index (χ1) is 10.2. The molecule has 106 valence electrons. The summed E-state index contributed by atoms with van der Waals surface area (Å²) in [5.41, 5.74) is 8.32. The van der Waals surface area contributed by atoms with E-state index in [-0.39, 0.29) is 6.04 Å². The zero-order valence-electron chi connectivity index (χ0n) is 11.4. The molecule has 0 radical (unpaired) electrons. The Kier molecular flexibility index (Phi) is 4.18. The van der Waals surface area contributed by atoms with E-state index in [4.69, 9.17) is 10.2 Å². The molecule has 0 bridgehead atoms. The van der Waals surface area contributed by atoms with Gasteiger partial charge in [-0.25, -0.2) is 0 Å². The minimum absolute atomic E-state index is 0.0862. The van der Waals surface area contributed by atoms with Crippen LogP contribution in [-0.2, 0) is 6.42 Å². The van der Waals surface area contributed by atoms with E-state index in [1.54, 1.807) is 12.4 Å². The highest BCUT2D eigenvalue weighted by molar-refractivity contribution is 9.10. The molecule has 0 amide bonds. The van der Waals surface area contributed by atoms with E-state index in [0.29, 0.717) is 6.42 Å². The van der Waals surface area contributed by atoms with Crippen molar-refractivity contribution in [2.45, 2.75) is 12.5 Å². The highest BCUT2D eigenvalue weighted by Crippen LogP contribution is 2.25. The van der Waals surface area contributed by atoms with E-state index in [1.807, 2.05) is 48.5 Å². The lowest BCUT2D eigenvalue weighted by Crippen LogP contribution is -2.12. The third kappa shape index (κ3) is 3.40. The Bertz CT molecular complexity index is 707. The molecule has 4 heteroatoms. The van der Waals surface area contributed by atoms with Crippen LogP contribution in [0, 0.1) is 0 Å². The number of aromatic nitrogens is 1. The van der Waals surface area contributed by atoms with Crippen molar-refractivity contribution < 1.29 is 4.42 Å². The Labute approximate surface area is 131 Å². The van der Waals surface area contributed by atoms with Gasteiger partial charge in [0, 0.05) is 34.9 Å². The molecule has 1 atom stereocenters. The van der Waals surface area contributed by atoms with Crippen molar-refractivity contribution in [3.63, 3.8) is 0 Å². The average molecular weight is 343 g/mol. The first-order valence-corrected chi connectivity index (χ1v) is 7.52. The average Bonchev–Trinajstić information content (AvgIpc) is 2.97. The van der Waals surface area contributed by atoms with Gasteiger partial charge in [-0.1, -0.05) is 28.1 Å². The van der Waals surface area contributed by atoms with Gasteiger partial charge in [0.2, 0.25) is 0 Å². The van der Waals surface area contributed by atoms with Gasteiger partial charge in [0.1, 0.15) is 11.5 Å². The topological polar surface area (TPSA) is 52.0 Å². The number of hydrogen-bond donors (Lipinski definition) is 1. The molecule has 3 aromatic rings. The molecule has 0 saturated heterocycles. The van der Waals surface area contributed by atoms with Crippen molar-refractivity contribution in [3.05, 3.63) is 76.7 Å². The molecule has 0 aliphatic carbocycles. The Morgan fingerprint density at radius 3 is 2.43 bits per heavy atom. The zero-order valence-corrected chi connectivity index (χ0v) is 13.0. The third-order valence-corrected chi connectivity index (χ3v) is 3.87. The molecule has 2 N–H and O–H groups in total. The largest absolute Gasteiger partial charge is 0.461 e. The fraction of sp³-hybridized carbons (Fsp3) is 0.118. The maximum Gasteiger partial charge on any atom is 0.134 e. The molecule has 3 rings (SSSR count). The summed E-state index contributed by atoms with van der Waals surface area (Å²) in [7, 11) is 0. The van der Waals surface area contributed by atoms with Crippen LogP contribution in [0.5, 0.6) is 0 Å². The van der Waals surface area contributed by atoms with Crippen LogP contribution in [0.4, 0.5) is 0 Å². The van der Waals surface area contributed by atoms with Crippen molar-refractivity contribution in [2.75, 3.05) is 0 Å². The van der Waals surface area contributed by atoms with Crippen molar-refractivity contribution in [2.24, 2.45) is 5.73 Å². The number of nitrogens with zero attached hydrogens (tertiary/aromatic N) is 1. The van der Waals surface area contributed by atoms with Gasteiger partial charge in [-0.05, 0) is 42.0 Å². The van der Waals surface area contributed by atoms with E-state index >= 15 is 0 Å². The van der Waals surface area contributed by atoms with Crippen molar-refractivity contribution in [3.8, 4) is 11.3 Å². The predicted molar refractivity (Wildman–Crippen MR) is 86.7 cm³/mol. The Balaban J connectivity index is 1.75. The molecule has 2 heterocycles. The van der Waals surface area contributed by atoms with E-state index < -0.39 is 0 Å². The standard InChI is InChI=1S/C17H15BrN2O/c18-14-3-1-13(2-4-14)17-6-5-15(21-17)11-16(19)12-7-9-20-10-8-12/h1-10,16H,11,19H2. The molecule has 1 unspecified atom stereocenters. The molecular weight excluding hydrogens is 328 g/mol. The Morgan fingerprint density at radius 2 is 1.71 bits per heavy atom. The number of halogens is 1. The van der Waals surface area contributed by atoms with Crippen LogP contribution < -0.4 is 5.73 Å². The quantitative estimate of drug-likeness (QED) is 0.766. The molecule has 0 fully saturated rings. The van der Waals surface area contributed by atoms with Crippen LogP contribution in [0.1, 0.15) is 17.4 Å². The highest BCUT2D eigenvalue weighted by Gasteiger charge is 2.11. The maximum atomic E-state index is 6.20. The lowest BCUT2D eigenvalue weighted by molar-refractivity contribution is 0.499. The SMILES string of the molecule is NC(Cc1ccc(-c2ccc(Br)cc2)o1)c1ccncc1. The molecule has 0 spiro atoms. The summed E-state index contributed by atoms with van der Waals surface area (Å²) >= 11 is 3.43. The van der Waals surface area contributed by atoms with Crippen LogP contribution in [0.25, 0.3) is 11.3 Å². The molecular formula is C17H15BrN2O. The Morgan fingerprint density at radius 1 is 1.00 bits per heavy atom. The van der Waals surface area contributed by atoms with Crippen molar-refractivity contribution in [1.82, 2.24) is 4.98 Å². The summed E-state index contributed by atoms with van der Waals surface area (Å²) in [6, 6.07) is 15.8. The smallest absolute Gasteiger partial charge is 0.134 e. The monoisotopic (exact) mass is 342 g/mol. The second-order valence-electron chi connectivity index (χ2n) is 4.86. The van der Waals surface area contributed by atoms with Gasteiger partial charge >= 0.3 is 0 Å². The summed E-state index contributed by atoms with van der Waals surface area (Å²) in [5, 5.41) is 0. The highest BCUT2D eigenvalue weighted by atomic mass is 79.9. The van der Waals surface area contributed by atoms with Crippen LogP contribution in [0.2, 0.25) is 0 Å². The number of benzene rings is 1. The summed E-state index contributed by atoms with van der Waals surface area (Å²) in [4.78, 5) is 4.00. The first kappa shape index (κ1) is 14.0. The van der Waals surface area contributed by atoms with Gasteiger partial charge in [-0.15, -0.1) is 0 Å². The molecule has 2 aromatic heterocycles. The molecule has 21 heavy (non-hydrogen) atoms. The van der Waals surface area contributed by atoms with E-state index in [9.17, 15) is 0 Å². The Hall–Kier alpha value is -1.91. The number of nitrogens with two attached hydrogens (primary N) is 1. The second kappa shape index (κ2) is 6.24. The normalized spacial score (nSPS) is 12.3. The lowest BCUT2D eigenvalue weighted by atomic mass is 10.1. The van der Waals surface area contributed by atoms with Crippen LogP contribution >= 0.6 is 15.9 Å². The molecule has 1 aromatic carbocycles. The van der Waals surface area contributed by atoms with Gasteiger partial charge < -0.3 is 10.2 Å².